The maximum Gasteiger partial charge on any atom is 0.472 e. The zero-order valence-corrected chi connectivity index (χ0v) is 25.7. The SMILES string of the molecule is CCCCCCCCCCCCCCCCSCC(COP(=O)(O)OCC[N+](C)(C)C)S(C)(=O)=O. The Morgan fingerprint density at radius 1 is 0.829 bits per heavy atom. The number of unbranched alkanes of at least 4 members (excludes halogenated alkanes) is 13. The Balaban J connectivity index is 3.83. The summed E-state index contributed by atoms with van der Waals surface area (Å²) in [6.07, 6.45) is 19.6. The smallest absolute Gasteiger partial charge is 0.329 e. The second-order valence-electron chi connectivity index (χ2n) is 10.7. The molecule has 0 aliphatic rings. The van der Waals surface area contributed by atoms with Crippen LogP contribution in [0.15, 0.2) is 0 Å². The molecule has 0 fully saturated rings. The average molecular weight is 561 g/mol. The fraction of sp³-hybridized carbons (Fsp3) is 1.00. The summed E-state index contributed by atoms with van der Waals surface area (Å²) in [6.45, 7) is 2.53. The van der Waals surface area contributed by atoms with E-state index in [-0.39, 0.29) is 13.2 Å². The van der Waals surface area contributed by atoms with Crippen molar-refractivity contribution in [1.29, 1.82) is 0 Å². The van der Waals surface area contributed by atoms with Gasteiger partial charge in [0.25, 0.3) is 0 Å². The van der Waals surface area contributed by atoms with E-state index in [1.54, 1.807) is 11.8 Å². The molecule has 0 saturated heterocycles. The Bertz CT molecular complexity index is 655. The lowest BCUT2D eigenvalue weighted by Gasteiger charge is -2.24. The molecule has 2 unspecified atom stereocenters. The highest BCUT2D eigenvalue weighted by atomic mass is 32.2. The van der Waals surface area contributed by atoms with E-state index < -0.39 is 22.9 Å². The summed E-state index contributed by atoms with van der Waals surface area (Å²) in [5.41, 5.74) is 0. The van der Waals surface area contributed by atoms with Crippen LogP contribution >= 0.6 is 19.6 Å². The Morgan fingerprint density at radius 3 is 1.71 bits per heavy atom. The number of phosphoric acid groups is 1. The second-order valence-corrected chi connectivity index (χ2v) is 15.7. The molecule has 1 N–H and O–H groups in total. The number of likely N-dealkylation sites (N-methyl/N-ethyl adjacent to an activating group) is 1. The number of phosphoric ester groups is 1. The molecule has 0 spiro atoms. The number of quaternary nitrogens is 1. The number of hydrogen-bond acceptors (Lipinski definition) is 6. The van der Waals surface area contributed by atoms with Crippen molar-refractivity contribution in [3.8, 4) is 0 Å². The molecule has 35 heavy (non-hydrogen) atoms. The van der Waals surface area contributed by atoms with Crippen LogP contribution in [-0.2, 0) is 23.4 Å². The van der Waals surface area contributed by atoms with Crippen LogP contribution in [0.1, 0.15) is 96.8 Å². The molecular formula is C25H55NO6PS2+. The number of hydrogen-bond donors (Lipinski definition) is 1. The summed E-state index contributed by atoms with van der Waals surface area (Å²) in [7, 11) is -1.81. The van der Waals surface area contributed by atoms with Crippen molar-refractivity contribution < 1.29 is 31.4 Å². The van der Waals surface area contributed by atoms with Crippen molar-refractivity contribution in [1.82, 2.24) is 0 Å². The van der Waals surface area contributed by atoms with E-state index in [9.17, 15) is 17.9 Å². The molecule has 0 rings (SSSR count). The van der Waals surface area contributed by atoms with Crippen molar-refractivity contribution in [2.45, 2.75) is 102 Å². The van der Waals surface area contributed by atoms with Crippen LogP contribution in [0, 0.1) is 0 Å². The van der Waals surface area contributed by atoms with E-state index in [2.05, 4.69) is 6.92 Å². The van der Waals surface area contributed by atoms with Crippen molar-refractivity contribution >= 4 is 29.4 Å². The Labute approximate surface area is 221 Å². The molecule has 0 aromatic rings. The van der Waals surface area contributed by atoms with Crippen LogP contribution in [0.3, 0.4) is 0 Å². The Hall–Kier alpha value is 0.370. The normalized spacial score (nSPS) is 15.3. The molecule has 0 bridgehead atoms. The first-order valence-corrected chi connectivity index (χ1v) is 18.2. The van der Waals surface area contributed by atoms with Gasteiger partial charge in [-0.1, -0.05) is 90.4 Å². The lowest BCUT2D eigenvalue weighted by Crippen LogP contribution is -2.37. The predicted octanol–water partition coefficient (Wildman–Crippen LogP) is 6.45. The quantitative estimate of drug-likeness (QED) is 0.0779. The molecule has 10 heteroatoms. The Kier molecular flexibility index (Phi) is 20.6. The first-order chi connectivity index (χ1) is 16.4. The van der Waals surface area contributed by atoms with Gasteiger partial charge in [0.15, 0.2) is 9.84 Å². The van der Waals surface area contributed by atoms with Crippen LogP contribution in [-0.4, -0.2) is 81.7 Å². The molecule has 0 aliphatic heterocycles. The number of nitrogens with zero attached hydrogens (tertiary/aromatic N) is 1. The van der Waals surface area contributed by atoms with Gasteiger partial charge in [-0.25, -0.2) is 13.0 Å². The van der Waals surface area contributed by atoms with Gasteiger partial charge in [0, 0.05) is 12.0 Å². The van der Waals surface area contributed by atoms with Crippen LogP contribution in [0.2, 0.25) is 0 Å². The standard InChI is InChI=1S/C25H54NO6PS2/c1-6-7-8-9-10-11-12-13-14-15-16-17-18-19-22-34-24-25(35(5,29)30)23-32-33(27,28)31-21-20-26(2,3)4/h25H,6-24H2,1-5H3/p+1. The van der Waals surface area contributed by atoms with E-state index in [0.717, 1.165) is 24.9 Å². The van der Waals surface area contributed by atoms with Gasteiger partial charge in [-0.15, -0.1) is 0 Å². The fourth-order valence-electron chi connectivity index (χ4n) is 3.55. The molecule has 0 aromatic heterocycles. The summed E-state index contributed by atoms with van der Waals surface area (Å²) < 4.78 is 46.8. The van der Waals surface area contributed by atoms with E-state index in [1.807, 2.05) is 21.1 Å². The van der Waals surface area contributed by atoms with Crippen LogP contribution in [0.25, 0.3) is 0 Å². The largest absolute Gasteiger partial charge is 0.472 e. The van der Waals surface area contributed by atoms with E-state index in [4.69, 9.17) is 9.05 Å². The van der Waals surface area contributed by atoms with Crippen LogP contribution in [0.5, 0.6) is 0 Å². The topological polar surface area (TPSA) is 89.9 Å². The number of rotatable bonds is 25. The maximum atomic E-state index is 12.1. The minimum Gasteiger partial charge on any atom is -0.329 e. The zero-order chi connectivity index (χ0) is 26.6. The number of thioether (sulfide) groups is 1. The highest BCUT2D eigenvalue weighted by Gasteiger charge is 2.28. The third-order valence-corrected chi connectivity index (χ3v) is 9.92. The van der Waals surface area contributed by atoms with E-state index in [1.165, 1.54) is 77.0 Å². The first-order valence-electron chi connectivity index (χ1n) is 13.6. The molecule has 2 atom stereocenters. The highest BCUT2D eigenvalue weighted by molar-refractivity contribution is 8.00. The summed E-state index contributed by atoms with van der Waals surface area (Å²) in [4.78, 5) is 9.84. The summed E-state index contributed by atoms with van der Waals surface area (Å²) in [5, 5.41) is -0.818. The Morgan fingerprint density at radius 2 is 1.29 bits per heavy atom. The van der Waals surface area contributed by atoms with Gasteiger partial charge in [0.1, 0.15) is 13.2 Å². The average Bonchev–Trinajstić information content (AvgIpc) is 2.73. The fourth-order valence-corrected chi connectivity index (χ4v) is 6.94. The minimum absolute atomic E-state index is 0.0642. The second kappa shape index (κ2) is 20.3. The molecule has 212 valence electrons. The van der Waals surface area contributed by atoms with Gasteiger partial charge in [0.2, 0.25) is 0 Å². The third-order valence-electron chi connectivity index (χ3n) is 5.99. The van der Waals surface area contributed by atoms with E-state index >= 15 is 0 Å². The summed E-state index contributed by atoms with van der Waals surface area (Å²) >= 11 is 1.57. The van der Waals surface area contributed by atoms with E-state index in [0.29, 0.717) is 16.8 Å². The van der Waals surface area contributed by atoms with Gasteiger partial charge in [-0.3, -0.25) is 9.05 Å². The van der Waals surface area contributed by atoms with Crippen molar-refractivity contribution in [2.24, 2.45) is 0 Å². The predicted molar refractivity (Wildman–Crippen MR) is 151 cm³/mol. The van der Waals surface area contributed by atoms with Crippen molar-refractivity contribution in [3.05, 3.63) is 0 Å². The van der Waals surface area contributed by atoms with Gasteiger partial charge in [0.05, 0.1) is 33.0 Å². The molecule has 7 nitrogen and oxygen atoms in total. The third kappa shape index (κ3) is 24.5. The van der Waals surface area contributed by atoms with Crippen molar-refractivity contribution in [3.63, 3.8) is 0 Å². The number of sulfone groups is 1. The van der Waals surface area contributed by atoms with Gasteiger partial charge in [-0.2, -0.15) is 11.8 Å². The molecule has 0 aromatic carbocycles. The molecule has 0 heterocycles. The van der Waals surface area contributed by atoms with Crippen LogP contribution in [0.4, 0.5) is 0 Å². The monoisotopic (exact) mass is 560 g/mol. The van der Waals surface area contributed by atoms with Gasteiger partial charge < -0.3 is 9.38 Å². The van der Waals surface area contributed by atoms with Gasteiger partial charge >= 0.3 is 7.82 Å². The lowest BCUT2D eigenvalue weighted by atomic mass is 10.0. The molecule has 0 saturated carbocycles. The minimum atomic E-state index is -4.26. The van der Waals surface area contributed by atoms with Crippen molar-refractivity contribution in [2.75, 3.05) is 58.7 Å². The van der Waals surface area contributed by atoms with Crippen LogP contribution < -0.4 is 0 Å². The molecule has 0 amide bonds. The first kappa shape index (κ1) is 35.4. The highest BCUT2D eigenvalue weighted by Crippen LogP contribution is 2.43. The zero-order valence-electron chi connectivity index (χ0n) is 23.2. The lowest BCUT2D eigenvalue weighted by molar-refractivity contribution is -0.870. The maximum absolute atomic E-state index is 12.1. The molecular weight excluding hydrogens is 505 g/mol. The summed E-state index contributed by atoms with van der Waals surface area (Å²) in [6, 6.07) is 0. The molecule has 0 radical (unpaired) electrons. The van der Waals surface area contributed by atoms with Gasteiger partial charge in [-0.05, 0) is 12.2 Å². The molecule has 0 aliphatic carbocycles. The summed E-state index contributed by atoms with van der Waals surface area (Å²) in [5.74, 6) is 1.25.